The first-order valence-corrected chi connectivity index (χ1v) is 4.96. The number of hydrogen-bond acceptors (Lipinski definition) is 4. The minimum atomic E-state index is -0.630. The number of nitriles is 1. The molecule has 1 saturated heterocycles. The van der Waals surface area contributed by atoms with Crippen molar-refractivity contribution in [1.29, 1.82) is 5.26 Å². The molecule has 4 nitrogen and oxygen atoms in total. The fourth-order valence-electron chi connectivity index (χ4n) is 1.59. The van der Waals surface area contributed by atoms with E-state index in [4.69, 9.17) is 10.00 Å². The van der Waals surface area contributed by atoms with Crippen molar-refractivity contribution in [2.45, 2.75) is 12.2 Å². The molecule has 0 aromatic heterocycles. The van der Waals surface area contributed by atoms with Gasteiger partial charge in [-0.25, -0.2) is 4.39 Å². The Balaban J connectivity index is 2.13. The van der Waals surface area contributed by atoms with Gasteiger partial charge >= 0.3 is 0 Å². The molecule has 2 rings (SSSR count). The predicted octanol–water partition coefficient (Wildman–Crippen LogP) is 0.409. The largest absolute Gasteiger partial charge is 0.483 e. The molecule has 1 heterocycles. The van der Waals surface area contributed by atoms with E-state index in [-0.39, 0.29) is 11.3 Å². The van der Waals surface area contributed by atoms with Crippen LogP contribution in [0.25, 0.3) is 0 Å². The summed E-state index contributed by atoms with van der Waals surface area (Å²) in [5, 5.41) is 21.0. The zero-order chi connectivity index (χ0) is 11.5. The third-order valence-corrected chi connectivity index (χ3v) is 2.47. The number of benzene rings is 1. The van der Waals surface area contributed by atoms with Gasteiger partial charge in [0.25, 0.3) is 0 Å². The zero-order valence-corrected chi connectivity index (χ0v) is 8.48. The van der Waals surface area contributed by atoms with E-state index in [1.54, 1.807) is 0 Å². The quantitative estimate of drug-likeness (QED) is 0.760. The average Bonchev–Trinajstić information content (AvgIpc) is 2.67. The van der Waals surface area contributed by atoms with Crippen LogP contribution in [0.5, 0.6) is 5.75 Å². The molecule has 2 atom stereocenters. The molecule has 2 N–H and O–H groups in total. The van der Waals surface area contributed by atoms with E-state index in [1.807, 2.05) is 6.07 Å². The summed E-state index contributed by atoms with van der Waals surface area (Å²) >= 11 is 0. The van der Waals surface area contributed by atoms with E-state index >= 15 is 0 Å². The van der Waals surface area contributed by atoms with Crippen LogP contribution in [0.15, 0.2) is 18.2 Å². The van der Waals surface area contributed by atoms with Gasteiger partial charge in [0, 0.05) is 13.1 Å². The predicted molar refractivity (Wildman–Crippen MR) is 54.4 cm³/mol. The summed E-state index contributed by atoms with van der Waals surface area (Å²) in [7, 11) is 0. The Kier molecular flexibility index (Phi) is 3.04. The second-order valence-corrected chi connectivity index (χ2v) is 3.64. The SMILES string of the molecule is N#Cc1ccc(OC2CNCC2O)c(F)c1. The molecule has 0 saturated carbocycles. The van der Waals surface area contributed by atoms with Crippen molar-refractivity contribution in [3.8, 4) is 11.8 Å². The maximum Gasteiger partial charge on any atom is 0.166 e. The Bertz CT molecular complexity index is 430. The van der Waals surface area contributed by atoms with Gasteiger partial charge in [0.2, 0.25) is 0 Å². The molecular weight excluding hydrogens is 211 g/mol. The van der Waals surface area contributed by atoms with E-state index in [9.17, 15) is 9.50 Å². The van der Waals surface area contributed by atoms with Crippen LogP contribution in [-0.2, 0) is 0 Å². The van der Waals surface area contributed by atoms with Gasteiger partial charge in [-0.2, -0.15) is 5.26 Å². The van der Waals surface area contributed by atoms with Crippen molar-refractivity contribution in [1.82, 2.24) is 5.32 Å². The molecule has 0 amide bonds. The number of rotatable bonds is 2. The second kappa shape index (κ2) is 4.47. The number of aliphatic hydroxyl groups is 1. The van der Waals surface area contributed by atoms with Gasteiger partial charge in [0.05, 0.1) is 11.6 Å². The maximum absolute atomic E-state index is 13.4. The molecule has 1 aliphatic heterocycles. The first-order valence-electron chi connectivity index (χ1n) is 4.96. The highest BCUT2D eigenvalue weighted by Gasteiger charge is 2.27. The van der Waals surface area contributed by atoms with Crippen molar-refractivity contribution >= 4 is 0 Å². The molecule has 0 radical (unpaired) electrons. The van der Waals surface area contributed by atoms with Crippen LogP contribution < -0.4 is 10.1 Å². The lowest BCUT2D eigenvalue weighted by Gasteiger charge is -2.16. The van der Waals surface area contributed by atoms with Crippen LogP contribution in [0, 0.1) is 17.1 Å². The maximum atomic E-state index is 13.4. The topological polar surface area (TPSA) is 65.3 Å². The lowest BCUT2D eigenvalue weighted by Crippen LogP contribution is -2.30. The van der Waals surface area contributed by atoms with E-state index in [0.717, 1.165) is 6.07 Å². The lowest BCUT2D eigenvalue weighted by atomic mass is 10.2. The molecule has 0 aliphatic carbocycles. The molecule has 5 heteroatoms. The van der Waals surface area contributed by atoms with Gasteiger partial charge < -0.3 is 15.2 Å². The molecule has 16 heavy (non-hydrogen) atoms. The highest BCUT2D eigenvalue weighted by Crippen LogP contribution is 2.20. The van der Waals surface area contributed by atoms with E-state index in [1.165, 1.54) is 12.1 Å². The van der Waals surface area contributed by atoms with Crippen molar-refractivity contribution in [2.24, 2.45) is 0 Å². The van der Waals surface area contributed by atoms with Crippen molar-refractivity contribution in [3.05, 3.63) is 29.6 Å². The Morgan fingerprint density at radius 2 is 2.31 bits per heavy atom. The van der Waals surface area contributed by atoms with Crippen LogP contribution in [0.4, 0.5) is 4.39 Å². The summed E-state index contributed by atoms with van der Waals surface area (Å²) < 4.78 is 18.8. The summed E-state index contributed by atoms with van der Waals surface area (Å²) in [6.45, 7) is 0.934. The third-order valence-electron chi connectivity index (χ3n) is 2.47. The summed E-state index contributed by atoms with van der Waals surface area (Å²) in [4.78, 5) is 0. The normalized spacial score (nSPS) is 24.1. The summed E-state index contributed by atoms with van der Waals surface area (Å²) in [5.41, 5.74) is 0.245. The molecule has 0 spiro atoms. The number of nitrogens with zero attached hydrogens (tertiary/aromatic N) is 1. The van der Waals surface area contributed by atoms with Crippen molar-refractivity contribution in [3.63, 3.8) is 0 Å². The summed E-state index contributed by atoms with van der Waals surface area (Å²) in [6, 6.07) is 5.84. The van der Waals surface area contributed by atoms with Gasteiger partial charge in [-0.1, -0.05) is 0 Å². The Hall–Kier alpha value is -1.64. The fourth-order valence-corrected chi connectivity index (χ4v) is 1.59. The molecule has 2 unspecified atom stereocenters. The van der Waals surface area contributed by atoms with Crippen LogP contribution in [0.1, 0.15) is 5.56 Å². The van der Waals surface area contributed by atoms with Crippen LogP contribution in [-0.4, -0.2) is 30.4 Å². The van der Waals surface area contributed by atoms with Gasteiger partial charge in [-0.3, -0.25) is 0 Å². The molecule has 84 valence electrons. The zero-order valence-electron chi connectivity index (χ0n) is 8.48. The van der Waals surface area contributed by atoms with Crippen LogP contribution >= 0.6 is 0 Å². The minimum Gasteiger partial charge on any atom is -0.483 e. The van der Waals surface area contributed by atoms with Gasteiger partial charge in [0.15, 0.2) is 11.6 Å². The third kappa shape index (κ3) is 2.13. The molecule has 1 aromatic carbocycles. The number of hydrogen-bond donors (Lipinski definition) is 2. The highest BCUT2D eigenvalue weighted by atomic mass is 19.1. The van der Waals surface area contributed by atoms with Gasteiger partial charge in [-0.05, 0) is 18.2 Å². The minimum absolute atomic E-state index is 0.0618. The Morgan fingerprint density at radius 3 is 2.88 bits per heavy atom. The molecule has 1 aliphatic rings. The first kappa shape index (κ1) is 10.9. The number of aliphatic hydroxyl groups excluding tert-OH is 1. The second-order valence-electron chi connectivity index (χ2n) is 3.64. The smallest absolute Gasteiger partial charge is 0.166 e. The van der Waals surface area contributed by atoms with E-state index in [2.05, 4.69) is 5.32 Å². The fraction of sp³-hybridized carbons (Fsp3) is 0.364. The van der Waals surface area contributed by atoms with E-state index in [0.29, 0.717) is 13.1 Å². The Labute approximate surface area is 92.3 Å². The van der Waals surface area contributed by atoms with Crippen LogP contribution in [0.3, 0.4) is 0 Å². The summed E-state index contributed by atoms with van der Waals surface area (Å²) in [5.74, 6) is -0.523. The molecule has 1 fully saturated rings. The molecule has 1 aromatic rings. The number of nitrogens with one attached hydrogen (secondary N) is 1. The van der Waals surface area contributed by atoms with Gasteiger partial charge in [-0.15, -0.1) is 0 Å². The van der Waals surface area contributed by atoms with Crippen LogP contribution in [0.2, 0.25) is 0 Å². The lowest BCUT2D eigenvalue weighted by molar-refractivity contribution is 0.0710. The van der Waals surface area contributed by atoms with Crippen molar-refractivity contribution < 1.29 is 14.2 Å². The number of ether oxygens (including phenoxy) is 1. The standard InChI is InChI=1S/C11H11FN2O2/c12-8-3-7(4-13)1-2-10(8)16-11-6-14-5-9(11)15/h1-3,9,11,14-15H,5-6H2. The highest BCUT2D eigenvalue weighted by molar-refractivity contribution is 5.36. The van der Waals surface area contributed by atoms with Crippen molar-refractivity contribution in [2.75, 3.05) is 13.1 Å². The average molecular weight is 222 g/mol. The number of β-amino-alcohol motifs (C(OH)–C–C–N with tert-alkyl or cyclic N) is 1. The molecule has 0 bridgehead atoms. The van der Waals surface area contributed by atoms with Gasteiger partial charge in [0.1, 0.15) is 12.2 Å². The van der Waals surface area contributed by atoms with E-state index < -0.39 is 18.0 Å². The molecular formula is C11H11FN2O2. The summed E-state index contributed by atoms with van der Waals surface area (Å²) in [6.07, 6.45) is -1.07. The first-order chi connectivity index (χ1) is 7.70. The number of halogens is 1. The monoisotopic (exact) mass is 222 g/mol. The Morgan fingerprint density at radius 1 is 1.50 bits per heavy atom.